The van der Waals surface area contributed by atoms with Gasteiger partial charge in [0.1, 0.15) is 18.1 Å². The quantitative estimate of drug-likeness (QED) is 0.0725. The summed E-state index contributed by atoms with van der Waals surface area (Å²) in [5.41, 5.74) is 1.56. The van der Waals surface area contributed by atoms with Crippen LogP contribution in [0, 0.1) is 10.8 Å². The Labute approximate surface area is 382 Å². The molecule has 6 atom stereocenters. The zero-order valence-electron chi connectivity index (χ0n) is 38.3. The van der Waals surface area contributed by atoms with Crippen LogP contribution in [0.25, 0.3) is 0 Å². The average Bonchev–Trinajstić information content (AvgIpc) is 3.42. The molecule has 11 nitrogen and oxygen atoms in total. The van der Waals surface area contributed by atoms with E-state index in [1.165, 1.54) is 12.1 Å². The van der Waals surface area contributed by atoms with Crippen LogP contribution in [0.3, 0.4) is 0 Å². The standard InChI is InChI=1S/C29H42O7S.C22H28O4S/c1-4-6-14-29(5-2)22-37(31,32)26-21-24(36-20-19-35-18-17-34-16-15-33-3)12-13-25(26)27(28(29)30)23-10-8-7-9-11-23;1-3-5-13-22(4-2)15-27(25,26)19-14-17(23)11-12-18(19)20(21(22)24)16-9-7-6-8-10-16/h7-13,21,27-28,30H,4-6,14-20,22H2,1-3H3;6-12,14,20-21,23-24H,3-5,13,15H2,1-2H3/t27-,28-,29-;20-,21-,22-/m11/s1. The molecule has 0 unspecified atom stereocenters. The van der Waals surface area contributed by atoms with E-state index in [1.54, 1.807) is 31.4 Å². The topological polar surface area (TPSA) is 166 Å². The summed E-state index contributed by atoms with van der Waals surface area (Å²) in [6, 6.07) is 29.0. The van der Waals surface area contributed by atoms with Gasteiger partial charge in [-0.25, -0.2) is 16.8 Å². The third kappa shape index (κ3) is 12.1. The summed E-state index contributed by atoms with van der Waals surface area (Å²) in [7, 11) is -5.69. The summed E-state index contributed by atoms with van der Waals surface area (Å²) in [5.74, 6) is -0.671. The van der Waals surface area contributed by atoms with E-state index in [0.717, 1.165) is 36.8 Å². The lowest BCUT2D eigenvalue weighted by molar-refractivity contribution is 0.0172. The predicted octanol–water partition coefficient (Wildman–Crippen LogP) is 8.87. The van der Waals surface area contributed by atoms with Crippen molar-refractivity contribution in [3.05, 3.63) is 119 Å². The fourth-order valence-corrected chi connectivity index (χ4v) is 14.1. The molecule has 0 amide bonds. The number of aromatic hydroxyl groups is 1. The number of sulfone groups is 2. The van der Waals surface area contributed by atoms with Gasteiger partial charge in [-0.1, -0.05) is 126 Å². The Morgan fingerprint density at radius 1 is 0.578 bits per heavy atom. The molecule has 4 aromatic rings. The van der Waals surface area contributed by atoms with Crippen LogP contribution in [0.1, 0.15) is 113 Å². The highest BCUT2D eigenvalue weighted by Crippen LogP contribution is 2.51. The highest BCUT2D eigenvalue weighted by Gasteiger charge is 2.50. The Kier molecular flexibility index (Phi) is 18.8. The number of benzene rings is 4. The summed E-state index contributed by atoms with van der Waals surface area (Å²) < 4.78 is 75.9. The zero-order chi connectivity index (χ0) is 46.4. The summed E-state index contributed by atoms with van der Waals surface area (Å²) in [5, 5.41) is 33.3. The van der Waals surface area contributed by atoms with Crippen molar-refractivity contribution in [1.82, 2.24) is 0 Å². The number of hydrogen-bond acceptors (Lipinski definition) is 11. The molecule has 4 aromatic carbocycles. The van der Waals surface area contributed by atoms with Crippen molar-refractivity contribution in [2.45, 2.75) is 113 Å². The molecule has 2 aliphatic heterocycles. The van der Waals surface area contributed by atoms with Crippen molar-refractivity contribution < 1.29 is 51.1 Å². The second-order valence-corrected chi connectivity index (χ2v) is 21.2. The molecule has 0 saturated carbocycles. The number of methoxy groups -OCH3 is 1. The van der Waals surface area contributed by atoms with Crippen molar-refractivity contribution in [2.24, 2.45) is 10.8 Å². The highest BCUT2D eigenvalue weighted by atomic mass is 32.2. The van der Waals surface area contributed by atoms with Gasteiger partial charge in [0.25, 0.3) is 0 Å². The maximum atomic E-state index is 13.8. The molecule has 0 bridgehead atoms. The minimum atomic E-state index is -3.67. The lowest BCUT2D eigenvalue weighted by atomic mass is 9.69. The third-order valence-corrected chi connectivity index (χ3v) is 17.2. The molecule has 6 rings (SSSR count). The molecular weight excluding hydrogens is 853 g/mol. The first-order valence-electron chi connectivity index (χ1n) is 22.9. The number of aliphatic hydroxyl groups excluding tert-OH is 2. The van der Waals surface area contributed by atoms with Gasteiger partial charge in [-0.2, -0.15) is 0 Å². The fourth-order valence-electron chi connectivity index (χ4n) is 9.51. The molecule has 64 heavy (non-hydrogen) atoms. The first kappa shape index (κ1) is 51.2. The smallest absolute Gasteiger partial charge is 0.179 e. The van der Waals surface area contributed by atoms with Gasteiger partial charge >= 0.3 is 0 Å². The second kappa shape index (κ2) is 23.6. The molecular formula is C51H70O11S2. The van der Waals surface area contributed by atoms with Gasteiger partial charge in [0.2, 0.25) is 0 Å². The van der Waals surface area contributed by atoms with Gasteiger partial charge in [0, 0.05) is 29.8 Å². The van der Waals surface area contributed by atoms with Crippen molar-refractivity contribution >= 4 is 19.7 Å². The van der Waals surface area contributed by atoms with Crippen molar-refractivity contribution in [1.29, 1.82) is 0 Å². The van der Waals surface area contributed by atoms with Crippen molar-refractivity contribution in [2.75, 3.05) is 58.3 Å². The first-order chi connectivity index (χ1) is 30.7. The lowest BCUT2D eigenvalue weighted by Gasteiger charge is -2.39. The molecule has 13 heteroatoms. The van der Waals surface area contributed by atoms with E-state index in [2.05, 4.69) is 13.8 Å². The van der Waals surface area contributed by atoms with Gasteiger partial charge in [0.15, 0.2) is 19.7 Å². The third-order valence-electron chi connectivity index (χ3n) is 13.2. The second-order valence-electron chi connectivity index (χ2n) is 17.3. The number of ether oxygens (including phenoxy) is 4. The van der Waals surface area contributed by atoms with Crippen LogP contribution >= 0.6 is 0 Å². The Hall–Kier alpha value is -3.82. The van der Waals surface area contributed by atoms with E-state index in [0.29, 0.717) is 75.6 Å². The van der Waals surface area contributed by atoms with Crippen LogP contribution in [-0.4, -0.2) is 103 Å². The SMILES string of the molecule is CCCC[C@]1(CC)CS(=O)(=O)c2cc(O)ccc2[C@@H](c2ccccc2)[C@H]1O.CCCC[C@]1(CC)CS(=O)(=O)c2cc(OCCOCCOCCOC)ccc2[C@@H](c2ccccc2)[C@H]1O. The number of hydrogen-bond donors (Lipinski definition) is 3. The van der Waals surface area contributed by atoms with Gasteiger partial charge in [0.05, 0.1) is 66.5 Å². The summed E-state index contributed by atoms with van der Waals surface area (Å²) in [6.07, 6.45) is 4.45. The van der Waals surface area contributed by atoms with E-state index in [1.807, 2.05) is 74.5 Å². The molecule has 2 aliphatic rings. The Bertz CT molecular complexity index is 2270. The van der Waals surface area contributed by atoms with Crippen LogP contribution < -0.4 is 4.74 Å². The number of phenolic OH excluding ortho intramolecular Hbond substituents is 1. The Morgan fingerprint density at radius 3 is 1.47 bits per heavy atom. The largest absolute Gasteiger partial charge is 0.508 e. The molecule has 352 valence electrons. The first-order valence-corrected chi connectivity index (χ1v) is 26.2. The van der Waals surface area contributed by atoms with E-state index in [9.17, 15) is 32.2 Å². The maximum absolute atomic E-state index is 13.8. The fraction of sp³-hybridized carbons (Fsp3) is 0.529. The summed E-state index contributed by atoms with van der Waals surface area (Å²) >= 11 is 0. The molecule has 0 fully saturated rings. The molecule has 0 aromatic heterocycles. The van der Waals surface area contributed by atoms with Crippen molar-refractivity contribution in [3.8, 4) is 11.5 Å². The zero-order valence-corrected chi connectivity index (χ0v) is 39.9. The summed E-state index contributed by atoms with van der Waals surface area (Å²) in [4.78, 5) is 0.388. The lowest BCUT2D eigenvalue weighted by Crippen LogP contribution is -2.42. The Morgan fingerprint density at radius 2 is 1.02 bits per heavy atom. The molecule has 0 spiro atoms. The number of rotatable bonds is 20. The molecule has 0 radical (unpaired) electrons. The minimum absolute atomic E-state index is 0.0730. The van der Waals surface area contributed by atoms with Crippen LogP contribution in [0.4, 0.5) is 0 Å². The van der Waals surface area contributed by atoms with E-state index >= 15 is 0 Å². The van der Waals surface area contributed by atoms with Gasteiger partial charge in [-0.05, 0) is 72.2 Å². The highest BCUT2D eigenvalue weighted by molar-refractivity contribution is 7.91. The van der Waals surface area contributed by atoms with E-state index in [-0.39, 0.29) is 33.7 Å². The maximum Gasteiger partial charge on any atom is 0.179 e. The van der Waals surface area contributed by atoms with Gasteiger partial charge < -0.3 is 34.3 Å². The van der Waals surface area contributed by atoms with Crippen molar-refractivity contribution in [3.63, 3.8) is 0 Å². The number of unbranched alkanes of at least 4 members (excludes halogenated alkanes) is 2. The predicted molar refractivity (Wildman–Crippen MR) is 251 cm³/mol. The van der Waals surface area contributed by atoms with E-state index < -0.39 is 54.5 Å². The number of fused-ring (bicyclic) bond motifs is 2. The molecule has 0 saturated heterocycles. The summed E-state index contributed by atoms with van der Waals surface area (Å²) in [6.45, 7) is 10.7. The monoisotopic (exact) mass is 922 g/mol. The average molecular weight is 923 g/mol. The van der Waals surface area contributed by atoms with Gasteiger partial charge in [-0.3, -0.25) is 0 Å². The number of phenols is 1. The van der Waals surface area contributed by atoms with Crippen LogP contribution in [-0.2, 0) is 33.9 Å². The normalized spacial score (nSPS) is 24.5. The molecule has 0 aliphatic carbocycles. The van der Waals surface area contributed by atoms with Crippen LogP contribution in [0.2, 0.25) is 0 Å². The van der Waals surface area contributed by atoms with Gasteiger partial charge in [-0.15, -0.1) is 0 Å². The van der Waals surface area contributed by atoms with Crippen LogP contribution in [0.5, 0.6) is 11.5 Å². The van der Waals surface area contributed by atoms with Crippen LogP contribution in [0.15, 0.2) is 107 Å². The Balaban J connectivity index is 0.000000253. The van der Waals surface area contributed by atoms with E-state index in [4.69, 9.17) is 18.9 Å². The molecule has 3 N–H and O–H groups in total. The molecule has 2 heterocycles. The minimum Gasteiger partial charge on any atom is -0.508 e. The number of aliphatic hydroxyl groups is 2.